The summed E-state index contributed by atoms with van der Waals surface area (Å²) >= 11 is 3.17. The van der Waals surface area contributed by atoms with Gasteiger partial charge < -0.3 is 14.4 Å². The van der Waals surface area contributed by atoms with Crippen molar-refractivity contribution in [3.8, 4) is 5.75 Å². The average Bonchev–Trinajstić information content (AvgIpc) is 3.20. The number of nitro groups is 1. The molecule has 188 valence electrons. The highest BCUT2D eigenvalue weighted by Crippen LogP contribution is 2.32. The highest BCUT2D eigenvalue weighted by molar-refractivity contribution is 9.10. The van der Waals surface area contributed by atoms with E-state index in [4.69, 9.17) is 4.74 Å². The second kappa shape index (κ2) is 10.3. The van der Waals surface area contributed by atoms with Crippen molar-refractivity contribution >= 4 is 43.4 Å². The van der Waals surface area contributed by atoms with Gasteiger partial charge >= 0.3 is 0 Å². The average molecular weight is 560 g/mol. The van der Waals surface area contributed by atoms with Gasteiger partial charge in [-0.05, 0) is 52.7 Å². The number of hydrogen-bond acceptors (Lipinski definition) is 5. The predicted molar refractivity (Wildman–Crippen MR) is 149 cm³/mol. The van der Waals surface area contributed by atoms with Crippen LogP contribution in [-0.4, -0.2) is 27.7 Å². The number of rotatable bonds is 9. The summed E-state index contributed by atoms with van der Waals surface area (Å²) < 4.78 is 8.69. The monoisotopic (exact) mass is 559 g/mol. The van der Waals surface area contributed by atoms with Crippen LogP contribution in [0.15, 0.2) is 95.5 Å². The van der Waals surface area contributed by atoms with Crippen molar-refractivity contribution in [3.05, 3.63) is 117 Å². The van der Waals surface area contributed by atoms with Crippen LogP contribution in [0.2, 0.25) is 0 Å². The summed E-state index contributed by atoms with van der Waals surface area (Å²) in [4.78, 5) is 10.8. The number of para-hydroxylation sites is 1. The molecule has 0 unspecified atom stereocenters. The molecular formula is C29H26BrN3O4. The number of hydrogen-bond donors (Lipinski definition) is 2. The van der Waals surface area contributed by atoms with Crippen molar-refractivity contribution in [1.82, 2.24) is 9.88 Å². The fraction of sp³-hybridized carbons (Fsp3) is 0.172. The summed E-state index contributed by atoms with van der Waals surface area (Å²) in [7, 11) is 0. The van der Waals surface area contributed by atoms with Crippen LogP contribution in [0.5, 0.6) is 5.75 Å². The Kier molecular flexibility index (Phi) is 6.97. The molecular weight excluding hydrogens is 534 g/mol. The number of aromatic nitrogens is 1. The molecule has 1 atom stereocenters. The van der Waals surface area contributed by atoms with E-state index in [9.17, 15) is 15.2 Å². The number of benzene rings is 4. The van der Waals surface area contributed by atoms with E-state index in [0.717, 1.165) is 23.2 Å². The van der Waals surface area contributed by atoms with Crippen LogP contribution in [0.1, 0.15) is 18.1 Å². The van der Waals surface area contributed by atoms with Gasteiger partial charge in [-0.1, -0.05) is 54.6 Å². The smallest absolute Gasteiger partial charge is 0.283 e. The van der Waals surface area contributed by atoms with Crippen LogP contribution in [0.3, 0.4) is 0 Å². The van der Waals surface area contributed by atoms with Crippen molar-refractivity contribution in [1.29, 1.82) is 0 Å². The molecule has 1 aromatic heterocycles. The Balaban J connectivity index is 1.32. The molecule has 37 heavy (non-hydrogen) atoms. The van der Waals surface area contributed by atoms with Gasteiger partial charge in [0.1, 0.15) is 18.1 Å². The van der Waals surface area contributed by atoms with Crippen LogP contribution in [0.4, 0.5) is 5.69 Å². The third kappa shape index (κ3) is 5.22. The van der Waals surface area contributed by atoms with E-state index in [1.54, 1.807) is 19.1 Å². The molecule has 0 amide bonds. The first-order valence-corrected chi connectivity index (χ1v) is 12.7. The highest BCUT2D eigenvalue weighted by Gasteiger charge is 2.25. The lowest BCUT2D eigenvalue weighted by Gasteiger charge is -2.25. The van der Waals surface area contributed by atoms with Gasteiger partial charge in [0.15, 0.2) is 0 Å². The SMILES string of the molecule is C[C@](O)(NCCOc1ccc2c3ccccc3n(Cc3ccccc3)c2c1)c1ccc(Br)c([N+](=O)[O-])c1. The van der Waals surface area contributed by atoms with Gasteiger partial charge in [0.2, 0.25) is 0 Å². The lowest BCUT2D eigenvalue weighted by molar-refractivity contribution is -0.385. The Bertz CT molecular complexity index is 1580. The van der Waals surface area contributed by atoms with Gasteiger partial charge in [0.25, 0.3) is 5.69 Å². The summed E-state index contributed by atoms with van der Waals surface area (Å²) in [6.07, 6.45) is 0. The zero-order valence-electron chi connectivity index (χ0n) is 20.2. The van der Waals surface area contributed by atoms with Crippen LogP contribution < -0.4 is 10.1 Å². The number of aliphatic hydroxyl groups is 1. The third-order valence-corrected chi connectivity index (χ3v) is 7.14. The number of fused-ring (bicyclic) bond motifs is 3. The van der Waals surface area contributed by atoms with Crippen LogP contribution in [0, 0.1) is 10.1 Å². The van der Waals surface area contributed by atoms with Crippen LogP contribution >= 0.6 is 15.9 Å². The fourth-order valence-corrected chi connectivity index (χ4v) is 4.97. The molecule has 0 bridgehead atoms. The Hall–Kier alpha value is -3.72. The van der Waals surface area contributed by atoms with Gasteiger partial charge in [-0.25, -0.2) is 0 Å². The minimum atomic E-state index is -1.46. The van der Waals surface area contributed by atoms with Crippen LogP contribution in [0.25, 0.3) is 21.8 Å². The lowest BCUT2D eigenvalue weighted by Crippen LogP contribution is -2.41. The molecule has 5 rings (SSSR count). The molecule has 0 saturated heterocycles. The molecule has 1 heterocycles. The summed E-state index contributed by atoms with van der Waals surface area (Å²) in [6, 6.07) is 29.4. The van der Waals surface area contributed by atoms with Crippen molar-refractivity contribution in [3.63, 3.8) is 0 Å². The summed E-state index contributed by atoms with van der Waals surface area (Å²) in [5.74, 6) is 0.727. The Morgan fingerprint density at radius 2 is 1.70 bits per heavy atom. The molecule has 0 saturated carbocycles. The van der Waals surface area contributed by atoms with E-state index in [-0.39, 0.29) is 5.69 Å². The molecule has 2 N–H and O–H groups in total. The third-order valence-electron chi connectivity index (χ3n) is 6.47. The van der Waals surface area contributed by atoms with Crippen molar-refractivity contribution in [2.45, 2.75) is 19.2 Å². The molecule has 5 aromatic rings. The van der Waals surface area contributed by atoms with Crippen molar-refractivity contribution in [2.75, 3.05) is 13.2 Å². The summed E-state index contributed by atoms with van der Waals surface area (Å²) in [5.41, 5.74) is 2.31. The normalized spacial score (nSPS) is 13.1. The molecule has 8 heteroatoms. The minimum absolute atomic E-state index is 0.102. The van der Waals surface area contributed by atoms with E-state index in [1.807, 2.05) is 24.3 Å². The molecule has 0 radical (unpaired) electrons. The minimum Gasteiger partial charge on any atom is -0.492 e. The van der Waals surface area contributed by atoms with Gasteiger partial charge in [0, 0.05) is 47.1 Å². The maximum Gasteiger partial charge on any atom is 0.283 e. The first-order valence-electron chi connectivity index (χ1n) is 11.9. The first-order chi connectivity index (χ1) is 17.8. The predicted octanol–water partition coefficient (Wildman–Crippen LogP) is 6.35. The first kappa shape index (κ1) is 25.0. The fourth-order valence-electron chi connectivity index (χ4n) is 4.58. The molecule has 0 aliphatic heterocycles. The zero-order valence-corrected chi connectivity index (χ0v) is 21.8. The van der Waals surface area contributed by atoms with Gasteiger partial charge in [-0.3, -0.25) is 15.4 Å². The second-order valence-electron chi connectivity index (χ2n) is 9.04. The van der Waals surface area contributed by atoms with E-state index in [0.29, 0.717) is 23.2 Å². The molecule has 0 aliphatic carbocycles. The van der Waals surface area contributed by atoms with E-state index in [2.05, 4.69) is 74.3 Å². The number of nitrogens with zero attached hydrogens (tertiary/aromatic N) is 2. The summed E-state index contributed by atoms with van der Waals surface area (Å²) in [5, 5.41) is 27.5. The molecule has 4 aromatic carbocycles. The Morgan fingerprint density at radius 1 is 0.973 bits per heavy atom. The number of ether oxygens (including phenoxy) is 1. The lowest BCUT2D eigenvalue weighted by atomic mass is 10.0. The zero-order chi connectivity index (χ0) is 26.0. The number of halogens is 1. The summed E-state index contributed by atoms with van der Waals surface area (Å²) in [6.45, 7) is 2.95. The van der Waals surface area contributed by atoms with Crippen molar-refractivity contribution < 1.29 is 14.8 Å². The van der Waals surface area contributed by atoms with Gasteiger partial charge in [-0.2, -0.15) is 0 Å². The molecule has 0 fully saturated rings. The van der Waals surface area contributed by atoms with Crippen LogP contribution in [-0.2, 0) is 12.3 Å². The van der Waals surface area contributed by atoms with Crippen molar-refractivity contribution in [2.24, 2.45) is 0 Å². The molecule has 0 aliphatic rings. The highest BCUT2D eigenvalue weighted by atomic mass is 79.9. The van der Waals surface area contributed by atoms with Gasteiger partial charge in [0.05, 0.1) is 14.9 Å². The van der Waals surface area contributed by atoms with Gasteiger partial charge in [-0.15, -0.1) is 0 Å². The number of nitrogens with one attached hydrogen (secondary N) is 1. The molecule has 0 spiro atoms. The van der Waals surface area contributed by atoms with E-state index in [1.165, 1.54) is 22.5 Å². The Morgan fingerprint density at radius 3 is 2.49 bits per heavy atom. The largest absolute Gasteiger partial charge is 0.492 e. The van der Waals surface area contributed by atoms with E-state index < -0.39 is 10.6 Å². The number of nitro benzene ring substituents is 1. The maximum atomic E-state index is 11.2. The quantitative estimate of drug-likeness (QED) is 0.0950. The Labute approximate surface area is 222 Å². The topological polar surface area (TPSA) is 89.6 Å². The van der Waals surface area contributed by atoms with E-state index >= 15 is 0 Å². The standard InChI is InChI=1S/C29H26BrN3O4/c1-29(34,21-11-14-25(30)28(17-21)33(35)36)31-15-16-37-22-12-13-24-23-9-5-6-10-26(23)32(27(24)18-22)19-20-7-3-2-4-8-20/h2-14,17-18,31,34H,15-16,19H2,1H3/t29-/m1/s1. The molecule has 7 nitrogen and oxygen atoms in total. The second-order valence-corrected chi connectivity index (χ2v) is 9.89. The maximum absolute atomic E-state index is 11.2.